The molecule has 0 radical (unpaired) electrons. The molecule has 2 atom stereocenters. The number of amides is 1. The van der Waals surface area contributed by atoms with Crippen molar-refractivity contribution in [3.63, 3.8) is 0 Å². The highest BCUT2D eigenvalue weighted by molar-refractivity contribution is 5.84. The molecule has 1 heterocycles. The molecule has 1 fully saturated rings. The Bertz CT molecular complexity index is 496. The van der Waals surface area contributed by atoms with E-state index in [0.29, 0.717) is 12.5 Å². The predicted molar refractivity (Wildman–Crippen MR) is 84.0 cm³/mol. The lowest BCUT2D eigenvalue weighted by Crippen LogP contribution is -2.33. The molecule has 0 saturated carbocycles. The Morgan fingerprint density at radius 3 is 2.62 bits per heavy atom. The quantitative estimate of drug-likeness (QED) is 0.818. The van der Waals surface area contributed by atoms with Crippen LogP contribution in [-0.2, 0) is 4.79 Å². The molecule has 2 rings (SSSR count). The monoisotopic (exact) mass is 288 g/mol. The van der Waals surface area contributed by atoms with Crippen LogP contribution in [-0.4, -0.2) is 30.0 Å². The maximum atomic E-state index is 12.3. The second-order valence-electron chi connectivity index (χ2n) is 5.84. The minimum absolute atomic E-state index is 0.0524. The number of benzene rings is 1. The predicted octanol–water partition coefficient (Wildman–Crippen LogP) is 2.73. The Morgan fingerprint density at radius 1 is 1.38 bits per heavy atom. The number of carbonyl (C=O) groups is 1. The topological polar surface area (TPSA) is 41.6 Å². The minimum atomic E-state index is -0.134. The fraction of sp³-hybridized carbons (Fsp3) is 0.471. The number of nitrogens with zero attached hydrogens (tertiary/aromatic N) is 1. The van der Waals surface area contributed by atoms with E-state index in [0.717, 1.165) is 17.9 Å². The first-order valence-corrected chi connectivity index (χ1v) is 7.43. The third-order valence-corrected chi connectivity index (χ3v) is 3.50. The molecule has 114 valence electrons. The van der Waals surface area contributed by atoms with Crippen LogP contribution < -0.4 is 10.1 Å². The molecule has 0 aliphatic carbocycles. The highest BCUT2D eigenvalue weighted by Crippen LogP contribution is 2.27. The minimum Gasteiger partial charge on any atom is -0.490 e. The van der Waals surface area contributed by atoms with Crippen LogP contribution in [0.3, 0.4) is 0 Å². The summed E-state index contributed by atoms with van der Waals surface area (Å²) >= 11 is 0. The molecule has 1 amide bonds. The standard InChI is InChI=1S/C17H24N2O2/c1-5-10-21-15-8-6-14(7-9-15)16-18-13(4)17(20)19(16)11-12(2)3/h5-9,12-13,16,18H,1,10-11H2,2-4H3. The van der Waals surface area contributed by atoms with Gasteiger partial charge in [-0.05, 0) is 30.5 Å². The van der Waals surface area contributed by atoms with Gasteiger partial charge in [-0.3, -0.25) is 10.1 Å². The highest BCUT2D eigenvalue weighted by Gasteiger charge is 2.37. The molecule has 0 spiro atoms. The van der Waals surface area contributed by atoms with Gasteiger partial charge in [0.15, 0.2) is 0 Å². The van der Waals surface area contributed by atoms with E-state index in [4.69, 9.17) is 4.74 Å². The first kappa shape index (κ1) is 15.6. The van der Waals surface area contributed by atoms with E-state index in [1.54, 1.807) is 6.08 Å². The molecule has 4 nitrogen and oxygen atoms in total. The van der Waals surface area contributed by atoms with Crippen molar-refractivity contribution < 1.29 is 9.53 Å². The van der Waals surface area contributed by atoms with Gasteiger partial charge in [-0.15, -0.1) is 0 Å². The van der Waals surface area contributed by atoms with Crippen LogP contribution in [0.2, 0.25) is 0 Å². The van der Waals surface area contributed by atoms with Crippen molar-refractivity contribution >= 4 is 5.91 Å². The van der Waals surface area contributed by atoms with Crippen LogP contribution in [0.25, 0.3) is 0 Å². The van der Waals surface area contributed by atoms with Gasteiger partial charge in [-0.25, -0.2) is 0 Å². The molecule has 0 aromatic heterocycles. The highest BCUT2D eigenvalue weighted by atomic mass is 16.5. The summed E-state index contributed by atoms with van der Waals surface area (Å²) in [5.74, 6) is 1.42. The van der Waals surface area contributed by atoms with Gasteiger partial charge in [-0.2, -0.15) is 0 Å². The van der Waals surface area contributed by atoms with Gasteiger partial charge >= 0.3 is 0 Å². The average Bonchev–Trinajstić information content (AvgIpc) is 2.73. The van der Waals surface area contributed by atoms with Gasteiger partial charge < -0.3 is 9.64 Å². The van der Waals surface area contributed by atoms with Crippen LogP contribution in [0, 0.1) is 5.92 Å². The number of hydrogen-bond donors (Lipinski definition) is 1. The molecule has 1 aliphatic heterocycles. The second-order valence-corrected chi connectivity index (χ2v) is 5.84. The molecule has 1 aromatic rings. The Hall–Kier alpha value is -1.81. The van der Waals surface area contributed by atoms with Crippen LogP contribution in [0.5, 0.6) is 5.75 Å². The molecular formula is C17H24N2O2. The van der Waals surface area contributed by atoms with Crippen molar-refractivity contribution in [1.82, 2.24) is 10.2 Å². The summed E-state index contributed by atoms with van der Waals surface area (Å²) in [5, 5.41) is 3.36. The number of hydrogen-bond acceptors (Lipinski definition) is 3. The summed E-state index contributed by atoms with van der Waals surface area (Å²) in [6.45, 7) is 11.0. The van der Waals surface area contributed by atoms with Crippen molar-refractivity contribution in [2.24, 2.45) is 5.92 Å². The number of carbonyl (C=O) groups excluding carboxylic acids is 1. The van der Waals surface area contributed by atoms with Gasteiger partial charge in [0.25, 0.3) is 0 Å². The summed E-state index contributed by atoms with van der Waals surface area (Å²) in [5.41, 5.74) is 1.08. The number of nitrogens with one attached hydrogen (secondary N) is 1. The van der Waals surface area contributed by atoms with E-state index in [2.05, 4.69) is 25.7 Å². The smallest absolute Gasteiger partial charge is 0.241 e. The zero-order chi connectivity index (χ0) is 15.4. The third-order valence-electron chi connectivity index (χ3n) is 3.50. The van der Waals surface area contributed by atoms with Gasteiger partial charge in [0.2, 0.25) is 5.91 Å². The zero-order valence-electron chi connectivity index (χ0n) is 13.0. The maximum absolute atomic E-state index is 12.3. The lowest BCUT2D eigenvalue weighted by Gasteiger charge is -2.26. The summed E-state index contributed by atoms with van der Waals surface area (Å²) < 4.78 is 5.49. The summed E-state index contributed by atoms with van der Waals surface area (Å²) in [6.07, 6.45) is 1.67. The first-order chi connectivity index (χ1) is 10.0. The van der Waals surface area contributed by atoms with Crippen molar-refractivity contribution in [2.75, 3.05) is 13.2 Å². The van der Waals surface area contributed by atoms with Crippen molar-refractivity contribution in [1.29, 1.82) is 0 Å². The summed E-state index contributed by atoms with van der Waals surface area (Å²) in [4.78, 5) is 14.2. The molecule has 1 saturated heterocycles. The summed E-state index contributed by atoms with van der Waals surface area (Å²) in [6, 6.07) is 7.75. The third kappa shape index (κ3) is 3.64. The molecule has 4 heteroatoms. The molecule has 0 bridgehead atoms. The Balaban J connectivity index is 2.14. The Labute approximate surface area is 126 Å². The van der Waals surface area contributed by atoms with E-state index in [1.807, 2.05) is 36.1 Å². The van der Waals surface area contributed by atoms with Gasteiger partial charge in [0.1, 0.15) is 18.5 Å². The molecular weight excluding hydrogens is 264 g/mol. The van der Waals surface area contributed by atoms with E-state index >= 15 is 0 Å². The summed E-state index contributed by atoms with van der Waals surface area (Å²) in [7, 11) is 0. The SMILES string of the molecule is C=CCOc1ccc(C2NC(C)C(=O)N2CC(C)C)cc1. The van der Waals surface area contributed by atoms with Crippen molar-refractivity contribution in [3.8, 4) is 5.75 Å². The molecule has 1 N–H and O–H groups in total. The lowest BCUT2D eigenvalue weighted by molar-refractivity contribution is -0.130. The van der Waals surface area contributed by atoms with Gasteiger partial charge in [0.05, 0.1) is 6.04 Å². The fourth-order valence-corrected chi connectivity index (χ4v) is 2.54. The fourth-order valence-electron chi connectivity index (χ4n) is 2.54. The van der Waals surface area contributed by atoms with Crippen molar-refractivity contribution in [3.05, 3.63) is 42.5 Å². The van der Waals surface area contributed by atoms with Crippen LogP contribution >= 0.6 is 0 Å². The van der Waals surface area contributed by atoms with E-state index in [9.17, 15) is 4.79 Å². The Kier molecular flexibility index (Phi) is 5.02. The normalized spacial score (nSPS) is 21.9. The average molecular weight is 288 g/mol. The molecule has 1 aliphatic rings. The maximum Gasteiger partial charge on any atom is 0.241 e. The van der Waals surface area contributed by atoms with Crippen LogP contribution in [0.1, 0.15) is 32.5 Å². The Morgan fingerprint density at radius 2 is 2.05 bits per heavy atom. The first-order valence-electron chi connectivity index (χ1n) is 7.43. The van der Waals surface area contributed by atoms with E-state index < -0.39 is 0 Å². The second kappa shape index (κ2) is 6.76. The van der Waals surface area contributed by atoms with Crippen molar-refractivity contribution in [2.45, 2.75) is 33.0 Å². The number of rotatable bonds is 6. The van der Waals surface area contributed by atoms with E-state index in [1.165, 1.54) is 0 Å². The number of ether oxygens (including phenoxy) is 1. The molecule has 2 unspecified atom stereocenters. The van der Waals surface area contributed by atoms with E-state index in [-0.39, 0.29) is 18.1 Å². The lowest BCUT2D eigenvalue weighted by atomic mass is 10.1. The van der Waals surface area contributed by atoms with Gasteiger partial charge in [0, 0.05) is 6.54 Å². The molecule has 1 aromatic carbocycles. The van der Waals surface area contributed by atoms with Gasteiger partial charge in [-0.1, -0.05) is 38.6 Å². The van der Waals surface area contributed by atoms with Crippen LogP contribution in [0.15, 0.2) is 36.9 Å². The molecule has 21 heavy (non-hydrogen) atoms. The zero-order valence-corrected chi connectivity index (χ0v) is 13.0. The largest absolute Gasteiger partial charge is 0.490 e. The van der Waals surface area contributed by atoms with Crippen LogP contribution in [0.4, 0.5) is 0 Å².